The Morgan fingerprint density at radius 2 is 2.07 bits per heavy atom. The summed E-state index contributed by atoms with van der Waals surface area (Å²) in [6, 6.07) is 13.9. The summed E-state index contributed by atoms with van der Waals surface area (Å²) in [6.07, 6.45) is 2.67. The van der Waals surface area contributed by atoms with Crippen LogP contribution in [0.3, 0.4) is 0 Å². The van der Waals surface area contributed by atoms with Gasteiger partial charge < -0.3 is 15.4 Å². The van der Waals surface area contributed by atoms with Gasteiger partial charge in [0.25, 0.3) is 0 Å². The highest BCUT2D eigenvalue weighted by atomic mass is 32.1. The molecule has 0 atom stereocenters. The van der Waals surface area contributed by atoms with Crippen molar-refractivity contribution in [1.29, 1.82) is 0 Å². The number of carbonyl (C=O) groups is 1. The Bertz CT molecular complexity index is 950. The highest BCUT2D eigenvalue weighted by Crippen LogP contribution is 2.30. The van der Waals surface area contributed by atoms with Gasteiger partial charge in [0.05, 0.1) is 24.9 Å². The summed E-state index contributed by atoms with van der Waals surface area (Å²) in [6.45, 7) is 3.37. The lowest BCUT2D eigenvalue weighted by Crippen LogP contribution is -2.28. The second kappa shape index (κ2) is 9.48. The highest BCUT2D eigenvalue weighted by Gasteiger charge is 2.18. The minimum Gasteiger partial charge on any atom is -0.465 e. The van der Waals surface area contributed by atoms with Gasteiger partial charge in [-0.1, -0.05) is 30.3 Å². The van der Waals surface area contributed by atoms with E-state index >= 15 is 0 Å². The number of nitrogens with zero attached hydrogens (tertiary/aromatic N) is 2. The van der Waals surface area contributed by atoms with Crippen LogP contribution in [0, 0.1) is 0 Å². The molecular formula is C20H22N4O2S2. The van der Waals surface area contributed by atoms with Crippen molar-refractivity contribution >= 4 is 39.6 Å². The second-order valence-electron chi connectivity index (χ2n) is 6.08. The standard InChI is InChI=1S/C20H22N4O2S2/c1-3-24-10-9-15(23-24)13-21-20(27)22-18-17(19(25)26-2)12-16(28-18)11-14-7-5-4-6-8-14/h4-10,12H,3,11,13H2,1-2H3,(H2,21,22,27). The van der Waals surface area contributed by atoms with Crippen LogP contribution >= 0.6 is 23.6 Å². The number of hydrogen-bond donors (Lipinski definition) is 2. The molecule has 3 rings (SSSR count). The smallest absolute Gasteiger partial charge is 0.340 e. The fraction of sp³-hybridized carbons (Fsp3) is 0.250. The first-order chi connectivity index (χ1) is 13.6. The number of aryl methyl sites for hydroxylation is 1. The first kappa shape index (κ1) is 20.0. The van der Waals surface area contributed by atoms with Gasteiger partial charge in [0.1, 0.15) is 5.00 Å². The van der Waals surface area contributed by atoms with Crippen LogP contribution in [0.4, 0.5) is 5.00 Å². The maximum atomic E-state index is 12.2. The van der Waals surface area contributed by atoms with Crippen LogP contribution in [-0.4, -0.2) is 28.0 Å². The maximum absolute atomic E-state index is 12.2. The summed E-state index contributed by atoms with van der Waals surface area (Å²) in [7, 11) is 1.38. The van der Waals surface area contributed by atoms with Crippen molar-refractivity contribution in [3.8, 4) is 0 Å². The van der Waals surface area contributed by atoms with E-state index in [2.05, 4.69) is 27.9 Å². The minimum atomic E-state index is -0.387. The predicted molar refractivity (Wildman–Crippen MR) is 116 cm³/mol. The molecule has 0 saturated carbocycles. The lowest BCUT2D eigenvalue weighted by atomic mass is 10.1. The number of thiocarbonyl (C=S) groups is 1. The Morgan fingerprint density at radius 1 is 1.29 bits per heavy atom. The summed E-state index contributed by atoms with van der Waals surface area (Å²) in [5, 5.41) is 11.8. The van der Waals surface area contributed by atoms with Crippen molar-refractivity contribution in [1.82, 2.24) is 15.1 Å². The summed E-state index contributed by atoms with van der Waals surface area (Å²) >= 11 is 6.89. The third kappa shape index (κ3) is 5.17. The van der Waals surface area contributed by atoms with E-state index < -0.39 is 0 Å². The molecule has 0 aliphatic carbocycles. The van der Waals surface area contributed by atoms with Gasteiger partial charge in [-0.15, -0.1) is 11.3 Å². The van der Waals surface area contributed by atoms with E-state index in [1.807, 2.05) is 48.1 Å². The number of benzene rings is 1. The van der Waals surface area contributed by atoms with E-state index in [1.165, 1.54) is 24.0 Å². The Hall–Kier alpha value is -2.71. The van der Waals surface area contributed by atoms with Crippen LogP contribution in [0.1, 0.15) is 33.4 Å². The number of rotatable bonds is 7. The van der Waals surface area contributed by atoms with E-state index in [1.54, 1.807) is 0 Å². The third-order valence-corrected chi connectivity index (χ3v) is 5.38. The maximum Gasteiger partial charge on any atom is 0.340 e. The number of esters is 1. The van der Waals surface area contributed by atoms with Crippen molar-refractivity contribution < 1.29 is 9.53 Å². The van der Waals surface area contributed by atoms with E-state index in [9.17, 15) is 4.79 Å². The predicted octanol–water partition coefficient (Wildman–Crippen LogP) is 3.83. The summed E-state index contributed by atoms with van der Waals surface area (Å²) in [4.78, 5) is 13.2. The number of hydrogen-bond acceptors (Lipinski definition) is 5. The van der Waals surface area contributed by atoms with Gasteiger partial charge in [0, 0.05) is 24.0 Å². The van der Waals surface area contributed by atoms with Crippen molar-refractivity contribution in [2.24, 2.45) is 0 Å². The Kier molecular flexibility index (Phi) is 6.78. The van der Waals surface area contributed by atoms with Gasteiger partial charge in [0.2, 0.25) is 0 Å². The summed E-state index contributed by atoms with van der Waals surface area (Å²) < 4.78 is 6.78. The van der Waals surface area contributed by atoms with Crippen molar-refractivity contribution in [3.63, 3.8) is 0 Å². The zero-order valence-corrected chi connectivity index (χ0v) is 17.4. The normalized spacial score (nSPS) is 10.5. The highest BCUT2D eigenvalue weighted by molar-refractivity contribution is 7.80. The lowest BCUT2D eigenvalue weighted by Gasteiger charge is -2.09. The zero-order chi connectivity index (χ0) is 19.9. The number of thiophene rings is 1. The first-order valence-corrected chi connectivity index (χ1v) is 10.1. The lowest BCUT2D eigenvalue weighted by molar-refractivity contribution is 0.0602. The van der Waals surface area contributed by atoms with Gasteiger partial charge in [-0.3, -0.25) is 4.68 Å². The Balaban J connectivity index is 1.68. The molecule has 6 nitrogen and oxygen atoms in total. The Morgan fingerprint density at radius 3 is 2.75 bits per heavy atom. The topological polar surface area (TPSA) is 68.2 Å². The van der Waals surface area contributed by atoms with E-state index in [-0.39, 0.29) is 5.97 Å². The third-order valence-electron chi connectivity index (χ3n) is 4.09. The number of anilines is 1. The van der Waals surface area contributed by atoms with Crippen LogP contribution < -0.4 is 10.6 Å². The number of methoxy groups -OCH3 is 1. The average molecular weight is 415 g/mol. The van der Waals surface area contributed by atoms with Crippen molar-refractivity contribution in [2.45, 2.75) is 26.4 Å². The molecule has 0 unspecified atom stereocenters. The quantitative estimate of drug-likeness (QED) is 0.452. The fourth-order valence-electron chi connectivity index (χ4n) is 2.67. The number of nitrogens with one attached hydrogen (secondary N) is 2. The molecule has 0 amide bonds. The van der Waals surface area contributed by atoms with Gasteiger partial charge in [-0.25, -0.2) is 4.79 Å². The molecular weight excluding hydrogens is 392 g/mol. The molecule has 2 aromatic heterocycles. The first-order valence-electron chi connectivity index (χ1n) is 8.91. The molecule has 0 fully saturated rings. The van der Waals surface area contributed by atoms with Crippen LogP contribution in [-0.2, 0) is 24.2 Å². The molecule has 0 saturated heterocycles. The molecule has 1 aromatic carbocycles. The molecule has 8 heteroatoms. The molecule has 2 N–H and O–H groups in total. The monoisotopic (exact) mass is 414 g/mol. The zero-order valence-electron chi connectivity index (χ0n) is 15.8. The number of aromatic nitrogens is 2. The van der Waals surface area contributed by atoms with Crippen LogP contribution in [0.5, 0.6) is 0 Å². The van der Waals surface area contributed by atoms with Gasteiger partial charge in [0.15, 0.2) is 5.11 Å². The fourth-order valence-corrected chi connectivity index (χ4v) is 3.99. The molecule has 146 valence electrons. The number of ether oxygens (including phenoxy) is 1. The molecule has 0 radical (unpaired) electrons. The minimum absolute atomic E-state index is 0.387. The number of carbonyl (C=O) groups excluding carboxylic acids is 1. The van der Waals surface area contributed by atoms with Gasteiger partial charge in [-0.05, 0) is 36.8 Å². The SMILES string of the molecule is CCn1ccc(CNC(=S)Nc2sc(Cc3ccccc3)cc2C(=O)OC)n1. The van der Waals surface area contributed by atoms with Crippen molar-refractivity contribution in [2.75, 3.05) is 12.4 Å². The largest absolute Gasteiger partial charge is 0.465 e. The summed E-state index contributed by atoms with van der Waals surface area (Å²) in [5.74, 6) is -0.387. The molecule has 3 aromatic rings. The van der Waals surface area contributed by atoms with E-state index in [0.717, 1.165) is 23.5 Å². The van der Waals surface area contributed by atoms with Crippen LogP contribution in [0.25, 0.3) is 0 Å². The Labute approximate surface area is 173 Å². The van der Waals surface area contributed by atoms with Crippen LogP contribution in [0.2, 0.25) is 0 Å². The van der Waals surface area contributed by atoms with E-state index in [4.69, 9.17) is 17.0 Å². The molecule has 0 aliphatic rings. The van der Waals surface area contributed by atoms with E-state index in [0.29, 0.717) is 22.2 Å². The van der Waals surface area contributed by atoms with Gasteiger partial charge >= 0.3 is 5.97 Å². The molecule has 0 bridgehead atoms. The molecule has 2 heterocycles. The average Bonchev–Trinajstić information content (AvgIpc) is 3.33. The van der Waals surface area contributed by atoms with Crippen LogP contribution in [0.15, 0.2) is 48.7 Å². The van der Waals surface area contributed by atoms with Crippen molar-refractivity contribution in [3.05, 3.63) is 70.4 Å². The van der Waals surface area contributed by atoms with Gasteiger partial charge in [-0.2, -0.15) is 5.10 Å². The molecule has 0 spiro atoms. The second-order valence-corrected chi connectivity index (χ2v) is 7.62. The summed E-state index contributed by atoms with van der Waals surface area (Å²) in [5.41, 5.74) is 2.56. The molecule has 0 aliphatic heterocycles. The molecule has 28 heavy (non-hydrogen) atoms.